The maximum atomic E-state index is 13.1. The van der Waals surface area contributed by atoms with Crippen LogP contribution in [0.1, 0.15) is 94.4 Å². The van der Waals surface area contributed by atoms with E-state index in [9.17, 15) is 38.2 Å². The molecule has 6 amide bonds. The van der Waals surface area contributed by atoms with Gasteiger partial charge in [0.25, 0.3) is 7.82 Å². The van der Waals surface area contributed by atoms with Crippen LogP contribution in [-0.4, -0.2) is 86.4 Å². The van der Waals surface area contributed by atoms with Gasteiger partial charge in [-0.3, -0.25) is 33.3 Å². The molecule has 47 heavy (non-hydrogen) atoms. The number of hydrogen-bond acceptors (Lipinski definition) is 10. The minimum atomic E-state index is -4.40. The third-order valence-corrected chi connectivity index (χ3v) is 6.98. The summed E-state index contributed by atoms with van der Waals surface area (Å²) in [6.07, 6.45) is 1.43. The average Bonchev–Trinajstić information content (AvgIpc) is 2.97. The first-order valence-corrected chi connectivity index (χ1v) is 17.6. The summed E-state index contributed by atoms with van der Waals surface area (Å²) in [4.78, 5) is 86.3. The van der Waals surface area contributed by atoms with Crippen molar-refractivity contribution in [3.05, 3.63) is 0 Å². The average molecular weight is 694 g/mol. The fourth-order valence-electron chi connectivity index (χ4n) is 3.77. The van der Waals surface area contributed by atoms with Crippen molar-refractivity contribution in [2.75, 3.05) is 26.8 Å². The largest absolute Gasteiger partial charge is 0.756 e. The molecule has 0 aromatic carbocycles. The monoisotopic (exact) mass is 693 g/mol. The Morgan fingerprint density at radius 2 is 1.11 bits per heavy atom. The van der Waals surface area contributed by atoms with Crippen molar-refractivity contribution in [2.24, 2.45) is 11.8 Å². The van der Waals surface area contributed by atoms with Crippen LogP contribution in [0, 0.1) is 11.8 Å². The predicted octanol–water partition coefficient (Wildman–Crippen LogP) is 0.638. The summed E-state index contributed by atoms with van der Waals surface area (Å²) in [5, 5.41) is 15.4. The highest BCUT2D eigenvalue weighted by Crippen LogP contribution is 2.36. The fraction of sp³-hybridized carbons (Fsp3) is 0.800. The molecule has 0 aromatic heterocycles. The predicted molar refractivity (Wildman–Crippen MR) is 175 cm³/mol. The molecule has 0 aliphatic heterocycles. The zero-order valence-corrected chi connectivity index (χ0v) is 30.5. The molecule has 0 aliphatic rings. The van der Waals surface area contributed by atoms with Gasteiger partial charge in [-0.05, 0) is 45.4 Å². The zero-order valence-electron chi connectivity index (χ0n) is 29.7. The van der Waals surface area contributed by atoms with E-state index in [0.717, 1.165) is 7.11 Å². The van der Waals surface area contributed by atoms with E-state index >= 15 is 0 Å². The van der Waals surface area contributed by atoms with E-state index in [1.165, 1.54) is 20.3 Å². The SMILES string of the molecule is CCC.CCNC(=O)[C@@H](CC(C)C)NC(=O)[C@@H](C)NC(=O)[C@@H](CC(C)C)NC(=O)[C@@H](C)NC(=O)CCC(=O)NCCOP(=O)([O-])OC. The van der Waals surface area contributed by atoms with Crippen LogP contribution in [0.5, 0.6) is 0 Å². The van der Waals surface area contributed by atoms with E-state index in [1.807, 2.05) is 27.7 Å². The van der Waals surface area contributed by atoms with Gasteiger partial charge < -0.3 is 45.8 Å². The van der Waals surface area contributed by atoms with Crippen molar-refractivity contribution < 1.29 is 47.3 Å². The Balaban J connectivity index is 0. The van der Waals surface area contributed by atoms with E-state index in [0.29, 0.717) is 13.0 Å². The minimum absolute atomic E-state index is 0.00719. The normalized spacial score (nSPS) is 14.7. The van der Waals surface area contributed by atoms with Crippen LogP contribution in [0.15, 0.2) is 0 Å². The second kappa shape index (κ2) is 25.0. The maximum absolute atomic E-state index is 13.1. The van der Waals surface area contributed by atoms with Crippen molar-refractivity contribution in [1.82, 2.24) is 31.9 Å². The Kier molecular flexibility index (Phi) is 24.5. The lowest BCUT2D eigenvalue weighted by Crippen LogP contribution is -2.57. The standard InChI is InChI=1S/C27H51N6O10P.C3H8/c1-9-28-26(38)20(14-16(2)3)32-25(37)19(7)31-27(39)21(15-17(4)5)33-24(36)18(6)30-23(35)11-10-22(34)29-12-13-43-44(40,41)42-8;1-3-2/h16-21H,9-15H2,1-8H3,(H,28,38)(H,29,34)(H,30,35)(H,31,39)(H,32,37)(H,33,36)(H,40,41);3H2,1-2H3/p-1/t18-,19-,20-,21-;/m1./s1. The first-order valence-electron chi connectivity index (χ1n) is 16.1. The number of rotatable bonds is 21. The number of likely N-dealkylation sites (N-methyl/N-ethyl adjacent to an activating group) is 1. The Hall–Kier alpha value is -3.07. The lowest BCUT2D eigenvalue weighted by atomic mass is 10.0. The van der Waals surface area contributed by atoms with Gasteiger partial charge in [0.2, 0.25) is 35.4 Å². The van der Waals surface area contributed by atoms with Gasteiger partial charge in [-0.25, -0.2) is 0 Å². The highest BCUT2D eigenvalue weighted by molar-refractivity contribution is 7.45. The van der Waals surface area contributed by atoms with Crippen LogP contribution < -0.4 is 36.8 Å². The highest BCUT2D eigenvalue weighted by atomic mass is 31.2. The molecular weight excluding hydrogens is 635 g/mol. The van der Waals surface area contributed by atoms with Gasteiger partial charge in [-0.2, -0.15) is 0 Å². The molecule has 0 aliphatic carbocycles. The summed E-state index contributed by atoms with van der Waals surface area (Å²) in [6.45, 7) is 16.4. The summed E-state index contributed by atoms with van der Waals surface area (Å²) in [5.41, 5.74) is 0. The molecule has 17 heteroatoms. The molecule has 0 aromatic rings. The number of phosphoric ester groups is 1. The van der Waals surface area contributed by atoms with Gasteiger partial charge in [0.05, 0.1) is 6.61 Å². The topological polar surface area (TPSA) is 233 Å². The van der Waals surface area contributed by atoms with Crippen molar-refractivity contribution in [2.45, 2.75) is 119 Å². The van der Waals surface area contributed by atoms with Crippen molar-refractivity contribution >= 4 is 43.3 Å². The molecule has 0 rings (SSSR count). The number of carbonyl (C=O) groups excluding carboxylic acids is 6. The molecule has 0 spiro atoms. The number of phosphoric acid groups is 1. The summed E-state index contributed by atoms with van der Waals surface area (Å²) >= 11 is 0. The van der Waals surface area contributed by atoms with Gasteiger partial charge in [-0.1, -0.05) is 48.0 Å². The Labute approximate surface area is 279 Å². The van der Waals surface area contributed by atoms with E-state index in [1.54, 1.807) is 6.92 Å². The Bertz CT molecular complexity index is 1040. The third kappa shape index (κ3) is 23.0. The molecule has 0 fully saturated rings. The van der Waals surface area contributed by atoms with Crippen LogP contribution in [-0.2, 0) is 42.4 Å². The molecule has 0 saturated carbocycles. The van der Waals surface area contributed by atoms with E-state index in [4.69, 9.17) is 0 Å². The molecule has 0 bridgehead atoms. The molecule has 1 unspecified atom stereocenters. The van der Waals surface area contributed by atoms with Crippen LogP contribution in [0.2, 0.25) is 0 Å². The van der Waals surface area contributed by atoms with E-state index < -0.39 is 61.5 Å². The summed E-state index contributed by atoms with van der Waals surface area (Å²) in [7, 11) is -3.46. The third-order valence-electron chi connectivity index (χ3n) is 6.03. The van der Waals surface area contributed by atoms with E-state index in [-0.39, 0.29) is 50.2 Å². The van der Waals surface area contributed by atoms with Crippen LogP contribution in [0.4, 0.5) is 0 Å². The molecule has 5 atom stereocenters. The summed E-state index contributed by atoms with van der Waals surface area (Å²) in [5.74, 6) is -3.13. The van der Waals surface area contributed by atoms with Crippen molar-refractivity contribution in [1.29, 1.82) is 0 Å². The lowest BCUT2D eigenvalue weighted by Gasteiger charge is -2.25. The Morgan fingerprint density at radius 3 is 1.55 bits per heavy atom. The van der Waals surface area contributed by atoms with Gasteiger partial charge in [0.1, 0.15) is 24.2 Å². The van der Waals surface area contributed by atoms with Crippen LogP contribution in [0.3, 0.4) is 0 Å². The number of nitrogens with one attached hydrogen (secondary N) is 6. The van der Waals surface area contributed by atoms with E-state index in [2.05, 4.69) is 54.8 Å². The molecule has 16 nitrogen and oxygen atoms in total. The summed E-state index contributed by atoms with van der Waals surface area (Å²) < 4.78 is 19.7. The number of amides is 6. The molecule has 0 radical (unpaired) electrons. The Morgan fingerprint density at radius 1 is 0.660 bits per heavy atom. The second-order valence-electron chi connectivity index (χ2n) is 11.8. The van der Waals surface area contributed by atoms with Gasteiger partial charge >= 0.3 is 0 Å². The molecule has 0 saturated heterocycles. The molecular formula is C30H58N6O10P-. The number of carbonyl (C=O) groups is 6. The molecule has 274 valence electrons. The molecule has 6 N–H and O–H groups in total. The van der Waals surface area contributed by atoms with Crippen LogP contribution >= 0.6 is 7.82 Å². The lowest BCUT2D eigenvalue weighted by molar-refractivity contribution is -0.222. The zero-order chi connectivity index (χ0) is 36.7. The van der Waals surface area contributed by atoms with Crippen molar-refractivity contribution in [3.63, 3.8) is 0 Å². The van der Waals surface area contributed by atoms with Gasteiger partial charge in [-0.15, -0.1) is 0 Å². The van der Waals surface area contributed by atoms with Gasteiger partial charge in [0, 0.05) is 33.0 Å². The number of hydrogen-bond donors (Lipinski definition) is 6. The fourth-order valence-corrected chi connectivity index (χ4v) is 4.19. The smallest absolute Gasteiger partial charge is 0.267 e. The minimum Gasteiger partial charge on any atom is -0.756 e. The summed E-state index contributed by atoms with van der Waals surface area (Å²) in [6, 6.07) is -3.82. The second-order valence-corrected chi connectivity index (χ2v) is 13.3. The first-order chi connectivity index (χ1) is 21.8. The highest BCUT2D eigenvalue weighted by Gasteiger charge is 2.29. The van der Waals surface area contributed by atoms with Crippen LogP contribution in [0.25, 0.3) is 0 Å². The molecule has 0 heterocycles. The van der Waals surface area contributed by atoms with Crippen molar-refractivity contribution in [3.8, 4) is 0 Å². The quantitative estimate of drug-likeness (QED) is 0.0725. The first kappa shape index (κ1) is 46.1. The maximum Gasteiger partial charge on any atom is 0.267 e. The van der Waals surface area contributed by atoms with Gasteiger partial charge in [0.15, 0.2) is 0 Å².